The number of esters is 2. The summed E-state index contributed by atoms with van der Waals surface area (Å²) in [7, 11) is 2.03. The number of hydrogen-bond acceptors (Lipinski definition) is 9. The van der Waals surface area contributed by atoms with Gasteiger partial charge in [0.2, 0.25) is 0 Å². The molecule has 0 radical (unpaired) electrons. The molecular weight excluding hydrogens is 682 g/mol. The number of likely N-dealkylation sites (tertiary alicyclic amines) is 1. The van der Waals surface area contributed by atoms with Crippen LogP contribution < -0.4 is 4.74 Å². The fraction of sp³-hybridized carbons (Fsp3) is 0.756. The standard InChI is InChI=1S/C45H69NO8/c1-6-7-8-9-10-11-12-13-14-15-16-17-18-19-20-21-35(48)28-34(30-38(49)54-43(2,3)4)42(50)52-36-24-25-45(51)37-29-32-22-23-33(31-47)40-39(32)44(45,41(36)53-40)26-27-46(37)5/h22-24,34,37,41,47,51H,6-21,25-31H2,1-5H3/t34-,37+,41-,44-,45+/m0/s1. The van der Waals surface area contributed by atoms with E-state index in [0.29, 0.717) is 36.3 Å². The lowest BCUT2D eigenvalue weighted by Crippen LogP contribution is -2.74. The summed E-state index contributed by atoms with van der Waals surface area (Å²) >= 11 is 0. The third-order valence-electron chi connectivity index (χ3n) is 12.5. The molecule has 1 spiro atoms. The van der Waals surface area contributed by atoms with E-state index >= 15 is 0 Å². The Morgan fingerprint density at radius 3 is 2.13 bits per heavy atom. The first-order chi connectivity index (χ1) is 25.8. The number of unbranched alkanes of at least 4 members (excludes halogenated alkanes) is 14. The maximum Gasteiger partial charge on any atom is 0.315 e. The van der Waals surface area contributed by atoms with E-state index in [2.05, 4.69) is 11.8 Å². The zero-order chi connectivity index (χ0) is 38.9. The second-order valence-corrected chi connectivity index (χ2v) is 17.8. The normalized spacial score (nSPS) is 24.7. The Morgan fingerprint density at radius 1 is 0.926 bits per heavy atom. The molecule has 2 N–H and O–H groups in total. The Kier molecular flexibility index (Phi) is 14.9. The average Bonchev–Trinajstić information content (AvgIpc) is 3.47. The number of benzene rings is 1. The molecule has 1 saturated heterocycles. The van der Waals surface area contributed by atoms with E-state index in [1.807, 2.05) is 19.2 Å². The number of aliphatic hydroxyl groups is 2. The number of nitrogens with zero attached hydrogens (tertiary/aromatic N) is 1. The van der Waals surface area contributed by atoms with E-state index in [4.69, 9.17) is 14.2 Å². The van der Waals surface area contributed by atoms with Crippen molar-refractivity contribution in [3.8, 4) is 5.75 Å². The number of hydrogen-bond donors (Lipinski definition) is 2. The van der Waals surface area contributed by atoms with Gasteiger partial charge in [-0.2, -0.15) is 0 Å². The number of rotatable bonds is 23. The zero-order valence-electron chi connectivity index (χ0n) is 34.0. The number of piperidine rings is 1. The molecule has 2 aliphatic carbocycles. The van der Waals surface area contributed by atoms with E-state index < -0.39 is 40.6 Å². The first kappa shape index (κ1) is 42.4. The molecule has 9 nitrogen and oxygen atoms in total. The van der Waals surface area contributed by atoms with Gasteiger partial charge in [-0.3, -0.25) is 14.4 Å². The van der Waals surface area contributed by atoms with Crippen LogP contribution in [0.4, 0.5) is 0 Å². The van der Waals surface area contributed by atoms with Crippen LogP contribution >= 0.6 is 0 Å². The van der Waals surface area contributed by atoms with Gasteiger partial charge in [-0.25, -0.2) is 0 Å². The number of likely N-dealkylation sites (N-methyl/N-ethyl adjacent to an activating group) is 1. The van der Waals surface area contributed by atoms with Crippen molar-refractivity contribution in [3.05, 3.63) is 40.7 Å². The second kappa shape index (κ2) is 18.9. The molecule has 0 amide bonds. The molecule has 2 aliphatic heterocycles. The monoisotopic (exact) mass is 752 g/mol. The minimum atomic E-state index is -1.16. The van der Waals surface area contributed by atoms with Crippen LogP contribution in [0.15, 0.2) is 24.0 Å². The molecular formula is C45H69NO8. The van der Waals surface area contributed by atoms with Crippen LogP contribution in [0.5, 0.6) is 5.75 Å². The van der Waals surface area contributed by atoms with E-state index in [1.54, 1.807) is 26.8 Å². The van der Waals surface area contributed by atoms with Gasteiger partial charge in [-0.15, -0.1) is 0 Å². The Bertz CT molecular complexity index is 1480. The van der Waals surface area contributed by atoms with E-state index in [9.17, 15) is 24.6 Å². The lowest BCUT2D eigenvalue weighted by Gasteiger charge is -2.61. The van der Waals surface area contributed by atoms with Gasteiger partial charge < -0.3 is 29.3 Å². The van der Waals surface area contributed by atoms with Gasteiger partial charge >= 0.3 is 11.9 Å². The fourth-order valence-electron chi connectivity index (χ4n) is 9.72. The maximum atomic E-state index is 14.0. The van der Waals surface area contributed by atoms with Gasteiger partial charge in [0.25, 0.3) is 0 Å². The molecule has 302 valence electrons. The lowest BCUT2D eigenvalue weighted by molar-refractivity contribution is -0.172. The Labute approximate surface area is 324 Å². The van der Waals surface area contributed by atoms with Crippen molar-refractivity contribution in [2.45, 2.75) is 198 Å². The molecule has 0 unspecified atom stereocenters. The Balaban J connectivity index is 1.15. The Hall–Kier alpha value is -2.75. The van der Waals surface area contributed by atoms with Crippen molar-refractivity contribution in [2.24, 2.45) is 5.92 Å². The fourth-order valence-corrected chi connectivity index (χ4v) is 9.72. The number of ether oxygens (including phenoxy) is 3. The quantitative estimate of drug-likeness (QED) is 0.0837. The molecule has 1 aromatic rings. The minimum absolute atomic E-state index is 0.0620. The van der Waals surface area contributed by atoms with Crippen molar-refractivity contribution in [3.63, 3.8) is 0 Å². The third kappa shape index (κ3) is 9.61. The van der Waals surface area contributed by atoms with Gasteiger partial charge in [0.05, 0.1) is 30.0 Å². The summed E-state index contributed by atoms with van der Waals surface area (Å²) in [6.45, 7) is 8.09. The highest BCUT2D eigenvalue weighted by atomic mass is 16.6. The predicted molar refractivity (Wildman–Crippen MR) is 210 cm³/mol. The summed E-state index contributed by atoms with van der Waals surface area (Å²) in [5.41, 5.74) is -0.133. The smallest absolute Gasteiger partial charge is 0.315 e. The number of ketones is 1. The van der Waals surface area contributed by atoms with Crippen LogP contribution in [0.3, 0.4) is 0 Å². The van der Waals surface area contributed by atoms with Crippen LogP contribution in [-0.4, -0.2) is 69.8 Å². The maximum absolute atomic E-state index is 14.0. The molecule has 2 bridgehead atoms. The van der Waals surface area contributed by atoms with Gasteiger partial charge in [0, 0.05) is 36.4 Å². The van der Waals surface area contributed by atoms with Crippen molar-refractivity contribution in [2.75, 3.05) is 13.6 Å². The van der Waals surface area contributed by atoms with Gasteiger partial charge in [-0.05, 0) is 65.3 Å². The predicted octanol–water partition coefficient (Wildman–Crippen LogP) is 8.57. The van der Waals surface area contributed by atoms with Gasteiger partial charge in [-0.1, -0.05) is 109 Å². The molecule has 54 heavy (non-hydrogen) atoms. The SMILES string of the molecule is CCCCCCCCCCCCCCCCCC(=O)C[C@@H](CC(=O)OC(C)(C)C)C(=O)OC1=CC[C@@]2(O)[C@H]3Cc4ccc(CO)c5c4[C@@]2(CCN3C)[C@H]1O5. The number of Topliss-reactive ketones (excluding diaryl/α,β-unsaturated/α-hetero) is 1. The third-order valence-corrected chi connectivity index (χ3v) is 12.5. The van der Waals surface area contributed by atoms with Crippen LogP contribution in [0.25, 0.3) is 0 Å². The highest BCUT2D eigenvalue weighted by Gasteiger charge is 2.72. The highest BCUT2D eigenvalue weighted by Crippen LogP contribution is 2.64. The van der Waals surface area contributed by atoms with Crippen molar-refractivity contribution in [1.29, 1.82) is 0 Å². The van der Waals surface area contributed by atoms with E-state index in [-0.39, 0.29) is 37.7 Å². The van der Waals surface area contributed by atoms with E-state index in [1.165, 1.54) is 77.0 Å². The summed E-state index contributed by atoms with van der Waals surface area (Å²) in [5, 5.41) is 22.7. The topological polar surface area (TPSA) is 123 Å². The summed E-state index contributed by atoms with van der Waals surface area (Å²) in [6.07, 6.45) is 21.2. The van der Waals surface area contributed by atoms with Crippen molar-refractivity contribution >= 4 is 17.7 Å². The van der Waals surface area contributed by atoms with Crippen LogP contribution in [0, 0.1) is 5.92 Å². The summed E-state index contributed by atoms with van der Waals surface area (Å²) < 4.78 is 18.3. The molecule has 4 aliphatic rings. The largest absolute Gasteiger partial charge is 0.481 e. The summed E-state index contributed by atoms with van der Waals surface area (Å²) in [4.78, 5) is 42.5. The molecule has 1 fully saturated rings. The average molecular weight is 752 g/mol. The van der Waals surface area contributed by atoms with Crippen LogP contribution in [-0.2, 0) is 42.3 Å². The van der Waals surface area contributed by atoms with Crippen LogP contribution in [0.2, 0.25) is 0 Å². The molecule has 2 heterocycles. The second-order valence-electron chi connectivity index (χ2n) is 17.8. The van der Waals surface area contributed by atoms with Gasteiger partial charge in [0.1, 0.15) is 22.9 Å². The number of carbonyl (C=O) groups excluding carboxylic acids is 3. The molecule has 0 aromatic heterocycles. The van der Waals surface area contributed by atoms with E-state index in [0.717, 1.165) is 36.9 Å². The molecule has 0 saturated carbocycles. The lowest BCUT2D eigenvalue weighted by atomic mass is 9.50. The molecule has 1 aromatic carbocycles. The first-order valence-electron chi connectivity index (χ1n) is 21.3. The summed E-state index contributed by atoms with van der Waals surface area (Å²) in [5.74, 6) is -1.43. The first-order valence-corrected chi connectivity index (χ1v) is 21.3. The van der Waals surface area contributed by atoms with Crippen LogP contribution in [0.1, 0.15) is 173 Å². The number of carbonyl (C=O) groups is 3. The summed E-state index contributed by atoms with van der Waals surface area (Å²) in [6, 6.07) is 3.75. The van der Waals surface area contributed by atoms with Gasteiger partial charge in [0.15, 0.2) is 6.10 Å². The molecule has 5 atom stereocenters. The minimum Gasteiger partial charge on any atom is -0.481 e. The number of aliphatic hydroxyl groups excluding tert-OH is 1. The van der Waals surface area contributed by atoms with Crippen molar-refractivity contribution in [1.82, 2.24) is 4.90 Å². The Morgan fingerprint density at radius 2 is 1.54 bits per heavy atom. The molecule has 9 heteroatoms. The highest BCUT2D eigenvalue weighted by molar-refractivity contribution is 5.87. The molecule has 5 rings (SSSR count). The zero-order valence-corrected chi connectivity index (χ0v) is 34.0. The van der Waals surface area contributed by atoms with Crippen molar-refractivity contribution < 1.29 is 38.8 Å².